The Morgan fingerprint density at radius 3 is 2.44 bits per heavy atom. The first-order valence-corrected chi connectivity index (χ1v) is 7.57. The Balaban J connectivity index is 1.76. The fraction of sp³-hybridized carbons (Fsp3) is 0.0526. The summed E-state index contributed by atoms with van der Waals surface area (Å²) in [6.07, 6.45) is 1.48. The highest BCUT2D eigenvalue weighted by Crippen LogP contribution is 2.19. The average molecular weight is 339 g/mol. The Kier molecular flexibility index (Phi) is 4.70. The van der Waals surface area contributed by atoms with E-state index in [0.29, 0.717) is 11.8 Å². The van der Waals surface area contributed by atoms with Crippen LogP contribution in [0.4, 0.5) is 25.8 Å². The van der Waals surface area contributed by atoms with Crippen LogP contribution in [0.1, 0.15) is 16.1 Å². The van der Waals surface area contributed by atoms with Gasteiger partial charge in [0.2, 0.25) is 0 Å². The number of aryl methyl sites for hydroxylation is 1. The van der Waals surface area contributed by atoms with E-state index in [1.165, 1.54) is 6.20 Å². The Bertz CT molecular complexity index is 911. The monoisotopic (exact) mass is 339 g/mol. The van der Waals surface area contributed by atoms with E-state index in [1.54, 1.807) is 12.1 Å². The van der Waals surface area contributed by atoms with Crippen LogP contribution in [0.25, 0.3) is 0 Å². The van der Waals surface area contributed by atoms with Gasteiger partial charge in [0.05, 0.1) is 5.69 Å². The van der Waals surface area contributed by atoms with E-state index >= 15 is 0 Å². The second kappa shape index (κ2) is 7.09. The smallest absolute Gasteiger partial charge is 0.274 e. The molecule has 0 aliphatic rings. The molecule has 0 fully saturated rings. The molecule has 4 nitrogen and oxygen atoms in total. The van der Waals surface area contributed by atoms with Gasteiger partial charge in [-0.2, -0.15) is 0 Å². The van der Waals surface area contributed by atoms with E-state index < -0.39 is 17.5 Å². The van der Waals surface area contributed by atoms with Crippen molar-refractivity contribution in [3.63, 3.8) is 0 Å². The summed E-state index contributed by atoms with van der Waals surface area (Å²) in [5.41, 5.74) is 2.68. The lowest BCUT2D eigenvalue weighted by Gasteiger charge is -2.09. The molecule has 0 bridgehead atoms. The number of rotatable bonds is 4. The van der Waals surface area contributed by atoms with Gasteiger partial charge >= 0.3 is 0 Å². The van der Waals surface area contributed by atoms with Crippen LogP contribution in [0.3, 0.4) is 0 Å². The minimum absolute atomic E-state index is 0.106. The van der Waals surface area contributed by atoms with Crippen molar-refractivity contribution in [1.29, 1.82) is 0 Å². The SMILES string of the molecule is Cc1ccc(Nc2ccnc(C(=O)Nc3ccc(F)cc3F)c2)cc1. The van der Waals surface area contributed by atoms with Gasteiger partial charge in [0.1, 0.15) is 17.3 Å². The molecule has 2 N–H and O–H groups in total. The van der Waals surface area contributed by atoms with Gasteiger partial charge in [-0.1, -0.05) is 17.7 Å². The number of hydrogen-bond donors (Lipinski definition) is 2. The third kappa shape index (κ3) is 4.17. The molecule has 0 aliphatic heterocycles. The summed E-state index contributed by atoms with van der Waals surface area (Å²) in [4.78, 5) is 16.2. The van der Waals surface area contributed by atoms with Gasteiger partial charge in [-0.05, 0) is 43.3 Å². The predicted octanol–water partition coefficient (Wildman–Crippen LogP) is 4.66. The first-order valence-electron chi connectivity index (χ1n) is 7.57. The highest BCUT2D eigenvalue weighted by molar-refractivity contribution is 6.03. The van der Waals surface area contributed by atoms with Crippen LogP contribution in [0, 0.1) is 18.6 Å². The second-order valence-corrected chi connectivity index (χ2v) is 5.50. The maximum absolute atomic E-state index is 13.6. The standard InChI is InChI=1S/C19H15F2N3O/c1-12-2-5-14(6-3-12)23-15-8-9-22-18(11-15)19(25)24-17-7-4-13(20)10-16(17)21/h2-11H,1H3,(H,22,23)(H,24,25). The van der Waals surface area contributed by atoms with Crippen LogP contribution in [0.15, 0.2) is 60.8 Å². The average Bonchev–Trinajstić information content (AvgIpc) is 2.60. The number of anilines is 3. The van der Waals surface area contributed by atoms with Crippen LogP contribution in [0.5, 0.6) is 0 Å². The molecular formula is C19H15F2N3O. The first kappa shape index (κ1) is 16.6. The summed E-state index contributed by atoms with van der Waals surface area (Å²) in [5, 5.41) is 5.55. The zero-order valence-electron chi connectivity index (χ0n) is 13.4. The molecule has 2 aromatic carbocycles. The molecule has 0 unspecified atom stereocenters. The summed E-state index contributed by atoms with van der Waals surface area (Å²) in [6.45, 7) is 1.99. The molecule has 0 radical (unpaired) electrons. The molecule has 0 aliphatic carbocycles. The Morgan fingerprint density at radius 2 is 1.72 bits per heavy atom. The molecule has 0 spiro atoms. The molecule has 0 saturated heterocycles. The molecule has 25 heavy (non-hydrogen) atoms. The van der Waals surface area contributed by atoms with Crippen molar-refractivity contribution in [1.82, 2.24) is 4.98 Å². The van der Waals surface area contributed by atoms with Gasteiger partial charge in [0.15, 0.2) is 0 Å². The van der Waals surface area contributed by atoms with Crippen molar-refractivity contribution in [3.05, 3.63) is 83.7 Å². The topological polar surface area (TPSA) is 54.0 Å². The number of hydrogen-bond acceptors (Lipinski definition) is 3. The molecule has 1 amide bonds. The van der Waals surface area contributed by atoms with Crippen LogP contribution in [0.2, 0.25) is 0 Å². The van der Waals surface area contributed by atoms with Crippen molar-refractivity contribution < 1.29 is 13.6 Å². The minimum Gasteiger partial charge on any atom is -0.355 e. The second-order valence-electron chi connectivity index (χ2n) is 5.50. The number of aromatic nitrogens is 1. The van der Waals surface area contributed by atoms with Crippen LogP contribution >= 0.6 is 0 Å². The molecule has 0 saturated carbocycles. The van der Waals surface area contributed by atoms with Crippen LogP contribution < -0.4 is 10.6 Å². The van der Waals surface area contributed by atoms with E-state index in [0.717, 1.165) is 23.4 Å². The van der Waals surface area contributed by atoms with E-state index in [2.05, 4.69) is 15.6 Å². The zero-order chi connectivity index (χ0) is 17.8. The van der Waals surface area contributed by atoms with E-state index in [4.69, 9.17) is 0 Å². The number of nitrogens with one attached hydrogen (secondary N) is 2. The number of carbonyl (C=O) groups is 1. The van der Waals surface area contributed by atoms with Crippen molar-refractivity contribution in [2.24, 2.45) is 0 Å². The lowest BCUT2D eigenvalue weighted by atomic mass is 10.2. The Morgan fingerprint density at radius 1 is 0.960 bits per heavy atom. The predicted molar refractivity (Wildman–Crippen MR) is 93.0 cm³/mol. The fourth-order valence-corrected chi connectivity index (χ4v) is 2.21. The molecule has 3 rings (SSSR count). The fourth-order valence-electron chi connectivity index (χ4n) is 2.21. The number of pyridine rings is 1. The van der Waals surface area contributed by atoms with Gasteiger partial charge in [0, 0.05) is 23.6 Å². The summed E-state index contributed by atoms with van der Waals surface area (Å²) in [7, 11) is 0. The van der Waals surface area contributed by atoms with Gasteiger partial charge in [-0.25, -0.2) is 8.78 Å². The molecule has 126 valence electrons. The number of carbonyl (C=O) groups excluding carboxylic acids is 1. The summed E-state index contributed by atoms with van der Waals surface area (Å²) >= 11 is 0. The van der Waals surface area contributed by atoms with Crippen molar-refractivity contribution >= 4 is 23.0 Å². The maximum atomic E-state index is 13.6. The lowest BCUT2D eigenvalue weighted by Crippen LogP contribution is -2.14. The molecule has 1 heterocycles. The number of nitrogens with zero attached hydrogens (tertiary/aromatic N) is 1. The van der Waals surface area contributed by atoms with Gasteiger partial charge in [-0.3, -0.25) is 9.78 Å². The quantitative estimate of drug-likeness (QED) is 0.727. The third-order valence-electron chi connectivity index (χ3n) is 3.51. The van der Waals surface area contributed by atoms with E-state index in [1.807, 2.05) is 31.2 Å². The highest BCUT2D eigenvalue weighted by atomic mass is 19.1. The number of benzene rings is 2. The molecule has 0 atom stereocenters. The molecular weight excluding hydrogens is 324 g/mol. The summed E-state index contributed by atoms with van der Waals surface area (Å²) in [6, 6.07) is 14.0. The first-order chi connectivity index (χ1) is 12.0. The van der Waals surface area contributed by atoms with Crippen LogP contribution in [-0.4, -0.2) is 10.9 Å². The third-order valence-corrected chi connectivity index (χ3v) is 3.51. The normalized spacial score (nSPS) is 10.4. The Labute approximate surface area is 143 Å². The number of amides is 1. The number of halogens is 2. The highest BCUT2D eigenvalue weighted by Gasteiger charge is 2.12. The molecule has 6 heteroatoms. The summed E-state index contributed by atoms with van der Waals surface area (Å²) in [5.74, 6) is -2.14. The largest absolute Gasteiger partial charge is 0.355 e. The summed E-state index contributed by atoms with van der Waals surface area (Å²) < 4.78 is 26.6. The van der Waals surface area contributed by atoms with Crippen molar-refractivity contribution in [3.8, 4) is 0 Å². The minimum atomic E-state index is -0.845. The van der Waals surface area contributed by atoms with Crippen molar-refractivity contribution in [2.45, 2.75) is 6.92 Å². The van der Waals surface area contributed by atoms with Gasteiger partial charge in [0.25, 0.3) is 5.91 Å². The zero-order valence-corrected chi connectivity index (χ0v) is 13.4. The Hall–Kier alpha value is -3.28. The van der Waals surface area contributed by atoms with E-state index in [9.17, 15) is 13.6 Å². The van der Waals surface area contributed by atoms with E-state index in [-0.39, 0.29) is 11.4 Å². The maximum Gasteiger partial charge on any atom is 0.274 e. The van der Waals surface area contributed by atoms with Gasteiger partial charge < -0.3 is 10.6 Å². The van der Waals surface area contributed by atoms with Gasteiger partial charge in [-0.15, -0.1) is 0 Å². The molecule has 3 aromatic rings. The van der Waals surface area contributed by atoms with Crippen molar-refractivity contribution in [2.75, 3.05) is 10.6 Å². The van der Waals surface area contributed by atoms with Crippen LogP contribution in [-0.2, 0) is 0 Å². The molecule has 1 aromatic heterocycles. The lowest BCUT2D eigenvalue weighted by molar-refractivity contribution is 0.102.